The number of carbonyl (C=O) groups excluding carboxylic acids is 1. The molecule has 0 spiro atoms. The molecule has 3 heteroatoms. The number of carbonyl (C=O) groups is 1. The molecule has 0 bridgehead atoms. The van der Waals surface area contributed by atoms with Crippen molar-refractivity contribution in [3.63, 3.8) is 0 Å². The van der Waals surface area contributed by atoms with E-state index in [2.05, 4.69) is 0 Å². The number of anilines is 1. The van der Waals surface area contributed by atoms with Crippen LogP contribution in [0.15, 0.2) is 29.8 Å². The van der Waals surface area contributed by atoms with E-state index in [1.54, 1.807) is 0 Å². The molecule has 78 valence electrons. The Labute approximate surface area is 88.5 Å². The molecule has 1 heterocycles. The maximum Gasteiger partial charge on any atom is 0.334 e. The number of hydrogen-bond donors (Lipinski definition) is 1. The summed E-state index contributed by atoms with van der Waals surface area (Å²) in [5, 5.41) is 0. The van der Waals surface area contributed by atoms with E-state index in [-0.39, 0.29) is 12.1 Å². The Morgan fingerprint density at radius 1 is 1.40 bits per heavy atom. The molecule has 0 amide bonds. The molecule has 0 saturated carbocycles. The van der Waals surface area contributed by atoms with Crippen molar-refractivity contribution in [2.24, 2.45) is 0 Å². The van der Waals surface area contributed by atoms with Crippen LogP contribution in [0, 0.1) is 0 Å². The Kier molecular flexibility index (Phi) is 2.46. The predicted octanol–water partition coefficient (Wildman–Crippen LogP) is 1.99. The van der Waals surface area contributed by atoms with Crippen molar-refractivity contribution < 1.29 is 9.53 Å². The first-order chi connectivity index (χ1) is 7.15. The van der Waals surface area contributed by atoms with Gasteiger partial charge >= 0.3 is 5.97 Å². The van der Waals surface area contributed by atoms with Crippen LogP contribution in [0.5, 0.6) is 0 Å². The van der Waals surface area contributed by atoms with E-state index in [0.717, 1.165) is 16.8 Å². The lowest BCUT2D eigenvalue weighted by molar-refractivity contribution is -0.138. The Bertz CT molecular complexity index is 406. The van der Waals surface area contributed by atoms with E-state index >= 15 is 0 Å². The summed E-state index contributed by atoms with van der Waals surface area (Å²) in [6.45, 7) is 1.89. The van der Waals surface area contributed by atoms with Crippen LogP contribution >= 0.6 is 0 Å². The zero-order valence-corrected chi connectivity index (χ0v) is 8.57. The average molecular weight is 203 g/mol. The van der Waals surface area contributed by atoms with Crippen LogP contribution in [-0.4, -0.2) is 12.1 Å². The minimum atomic E-state index is -0.209. The molecule has 1 aromatic carbocycles. The van der Waals surface area contributed by atoms with Crippen LogP contribution in [0.25, 0.3) is 6.08 Å². The van der Waals surface area contributed by atoms with Crippen LogP contribution < -0.4 is 5.73 Å². The number of nitrogens with two attached hydrogens (primary N) is 1. The Balaban J connectivity index is 2.23. The van der Waals surface area contributed by atoms with Crippen LogP contribution in [-0.2, 0) is 9.53 Å². The summed E-state index contributed by atoms with van der Waals surface area (Å²) in [5.74, 6) is -0.209. The largest absolute Gasteiger partial charge is 0.459 e. The number of esters is 1. The first kappa shape index (κ1) is 9.77. The molecule has 1 saturated heterocycles. The van der Waals surface area contributed by atoms with E-state index in [1.165, 1.54) is 0 Å². The van der Waals surface area contributed by atoms with Crippen molar-refractivity contribution in [1.29, 1.82) is 0 Å². The fourth-order valence-corrected chi connectivity index (χ4v) is 1.60. The third kappa shape index (κ3) is 2.18. The van der Waals surface area contributed by atoms with E-state index in [1.807, 2.05) is 37.3 Å². The monoisotopic (exact) mass is 203 g/mol. The molecular formula is C12H13NO2. The molecule has 2 N–H and O–H groups in total. The van der Waals surface area contributed by atoms with Gasteiger partial charge in [0.1, 0.15) is 6.10 Å². The molecule has 0 radical (unpaired) electrons. The number of rotatable bonds is 1. The SMILES string of the molecule is CC1C/C(=C\c2ccc(N)cc2)C(=O)O1. The quantitative estimate of drug-likeness (QED) is 0.431. The second-order valence-electron chi connectivity index (χ2n) is 3.76. The number of cyclic esters (lactones) is 1. The second kappa shape index (κ2) is 3.77. The standard InChI is InChI=1S/C12H13NO2/c1-8-6-10(12(14)15-8)7-9-2-4-11(13)5-3-9/h2-5,7-8H,6,13H2,1H3/b10-7+. The fourth-order valence-electron chi connectivity index (χ4n) is 1.60. The number of hydrogen-bond acceptors (Lipinski definition) is 3. The highest BCUT2D eigenvalue weighted by atomic mass is 16.5. The molecule has 1 aliphatic rings. The molecule has 1 aliphatic heterocycles. The van der Waals surface area contributed by atoms with E-state index < -0.39 is 0 Å². The van der Waals surface area contributed by atoms with Crippen molar-refractivity contribution in [3.05, 3.63) is 35.4 Å². The number of nitrogen functional groups attached to an aromatic ring is 1. The van der Waals surface area contributed by atoms with Gasteiger partial charge in [0.15, 0.2) is 0 Å². The lowest BCUT2D eigenvalue weighted by Gasteiger charge is -1.96. The van der Waals surface area contributed by atoms with E-state index in [0.29, 0.717) is 6.42 Å². The van der Waals surface area contributed by atoms with Gasteiger partial charge in [0, 0.05) is 17.7 Å². The first-order valence-electron chi connectivity index (χ1n) is 4.92. The Morgan fingerprint density at radius 3 is 2.60 bits per heavy atom. The molecule has 1 fully saturated rings. The van der Waals surface area contributed by atoms with Crippen molar-refractivity contribution in [1.82, 2.24) is 0 Å². The van der Waals surface area contributed by atoms with Gasteiger partial charge in [-0.1, -0.05) is 12.1 Å². The highest BCUT2D eigenvalue weighted by Crippen LogP contribution is 2.22. The summed E-state index contributed by atoms with van der Waals surface area (Å²) in [7, 11) is 0. The summed E-state index contributed by atoms with van der Waals surface area (Å²) in [6.07, 6.45) is 2.53. The molecule has 3 nitrogen and oxygen atoms in total. The van der Waals surface area contributed by atoms with Gasteiger partial charge in [-0.2, -0.15) is 0 Å². The minimum absolute atomic E-state index is 0.00229. The lowest BCUT2D eigenvalue weighted by atomic mass is 10.1. The molecule has 1 unspecified atom stereocenters. The molecular weight excluding hydrogens is 190 g/mol. The van der Waals surface area contributed by atoms with Crippen molar-refractivity contribution in [3.8, 4) is 0 Å². The fraction of sp³-hybridized carbons (Fsp3) is 0.250. The van der Waals surface area contributed by atoms with E-state index in [4.69, 9.17) is 10.5 Å². The van der Waals surface area contributed by atoms with Gasteiger partial charge in [-0.15, -0.1) is 0 Å². The van der Waals surface area contributed by atoms with Crippen LogP contribution in [0.4, 0.5) is 5.69 Å². The Hall–Kier alpha value is -1.77. The second-order valence-corrected chi connectivity index (χ2v) is 3.76. The lowest BCUT2D eigenvalue weighted by Crippen LogP contribution is -1.99. The minimum Gasteiger partial charge on any atom is -0.459 e. The first-order valence-corrected chi connectivity index (χ1v) is 4.92. The van der Waals surface area contributed by atoms with Gasteiger partial charge in [-0.05, 0) is 30.7 Å². The van der Waals surface area contributed by atoms with Gasteiger partial charge in [-0.3, -0.25) is 0 Å². The number of benzene rings is 1. The van der Waals surface area contributed by atoms with Crippen molar-refractivity contribution in [2.75, 3.05) is 5.73 Å². The van der Waals surface area contributed by atoms with Gasteiger partial charge in [0.05, 0.1) is 0 Å². The smallest absolute Gasteiger partial charge is 0.334 e. The van der Waals surface area contributed by atoms with Crippen LogP contribution in [0.3, 0.4) is 0 Å². The topological polar surface area (TPSA) is 52.3 Å². The maximum absolute atomic E-state index is 11.3. The van der Waals surface area contributed by atoms with Gasteiger partial charge in [-0.25, -0.2) is 4.79 Å². The summed E-state index contributed by atoms with van der Waals surface area (Å²) < 4.78 is 5.04. The third-order valence-corrected chi connectivity index (χ3v) is 2.36. The maximum atomic E-state index is 11.3. The zero-order valence-electron chi connectivity index (χ0n) is 8.57. The summed E-state index contributed by atoms with van der Waals surface area (Å²) >= 11 is 0. The Morgan fingerprint density at radius 2 is 2.07 bits per heavy atom. The van der Waals surface area contributed by atoms with Crippen LogP contribution in [0.1, 0.15) is 18.9 Å². The third-order valence-electron chi connectivity index (χ3n) is 2.36. The normalized spacial score (nSPS) is 23.1. The van der Waals surface area contributed by atoms with Crippen molar-refractivity contribution in [2.45, 2.75) is 19.4 Å². The summed E-state index contributed by atoms with van der Waals surface area (Å²) in [4.78, 5) is 11.3. The molecule has 15 heavy (non-hydrogen) atoms. The van der Waals surface area contributed by atoms with Gasteiger partial charge < -0.3 is 10.5 Å². The molecule has 2 rings (SSSR count). The highest BCUT2D eigenvalue weighted by Gasteiger charge is 2.24. The molecule has 1 atom stereocenters. The average Bonchev–Trinajstić information content (AvgIpc) is 2.49. The molecule has 1 aromatic rings. The van der Waals surface area contributed by atoms with Crippen LogP contribution in [0.2, 0.25) is 0 Å². The van der Waals surface area contributed by atoms with E-state index in [9.17, 15) is 4.79 Å². The molecule has 0 aromatic heterocycles. The highest BCUT2D eigenvalue weighted by molar-refractivity contribution is 5.95. The predicted molar refractivity (Wildman–Crippen MR) is 59.0 cm³/mol. The van der Waals surface area contributed by atoms with Crippen molar-refractivity contribution >= 4 is 17.7 Å². The summed E-state index contributed by atoms with van der Waals surface area (Å²) in [6, 6.07) is 7.41. The van der Waals surface area contributed by atoms with Gasteiger partial charge in [0.2, 0.25) is 0 Å². The number of ether oxygens (including phenoxy) is 1. The summed E-state index contributed by atoms with van der Waals surface area (Å²) in [5.41, 5.74) is 8.00. The zero-order chi connectivity index (χ0) is 10.8. The van der Waals surface area contributed by atoms with Gasteiger partial charge in [0.25, 0.3) is 0 Å². The molecule has 0 aliphatic carbocycles.